The van der Waals surface area contributed by atoms with E-state index in [1.165, 1.54) is 0 Å². The highest BCUT2D eigenvalue weighted by atomic mass is 16.3. The Bertz CT molecular complexity index is 216. The first-order chi connectivity index (χ1) is 5.52. The Morgan fingerprint density at radius 1 is 1.58 bits per heavy atom. The van der Waals surface area contributed by atoms with Gasteiger partial charge >= 0.3 is 0 Å². The fraction of sp³-hybridized carbons (Fsp3) is 0.700. The largest absolute Gasteiger partial charge is 0.389 e. The van der Waals surface area contributed by atoms with Crippen LogP contribution in [0, 0.1) is 11.8 Å². The number of aliphatic hydroxyl groups is 1. The van der Waals surface area contributed by atoms with Crippen LogP contribution in [-0.4, -0.2) is 17.0 Å². The van der Waals surface area contributed by atoms with Crippen molar-refractivity contribution in [3.63, 3.8) is 0 Å². The second-order valence-electron chi connectivity index (χ2n) is 3.88. The van der Waals surface area contributed by atoms with E-state index in [-0.39, 0.29) is 11.7 Å². The van der Waals surface area contributed by atoms with Crippen molar-refractivity contribution < 1.29 is 9.90 Å². The van der Waals surface area contributed by atoms with Crippen molar-refractivity contribution in [2.24, 2.45) is 11.8 Å². The molecule has 0 amide bonds. The molecule has 1 aliphatic carbocycles. The molecule has 0 bridgehead atoms. The van der Waals surface area contributed by atoms with Crippen LogP contribution in [0.1, 0.15) is 27.2 Å². The summed E-state index contributed by atoms with van der Waals surface area (Å²) in [5.74, 6) is 0.661. The minimum Gasteiger partial charge on any atom is -0.389 e. The van der Waals surface area contributed by atoms with E-state index >= 15 is 0 Å². The quantitative estimate of drug-likeness (QED) is 0.644. The number of carbonyl (C=O) groups excluding carboxylic acids is 1. The van der Waals surface area contributed by atoms with Crippen molar-refractivity contribution >= 4 is 5.78 Å². The summed E-state index contributed by atoms with van der Waals surface area (Å²) in [6, 6.07) is 0. The van der Waals surface area contributed by atoms with Gasteiger partial charge in [0, 0.05) is 6.42 Å². The molecule has 12 heavy (non-hydrogen) atoms. The molecule has 2 heteroatoms. The maximum atomic E-state index is 11.3. The summed E-state index contributed by atoms with van der Waals surface area (Å²) in [6.45, 7) is 5.84. The van der Waals surface area contributed by atoms with Gasteiger partial charge in [-0.05, 0) is 30.4 Å². The maximum Gasteiger partial charge on any atom is 0.158 e. The summed E-state index contributed by atoms with van der Waals surface area (Å²) >= 11 is 0. The van der Waals surface area contributed by atoms with Crippen LogP contribution in [0.3, 0.4) is 0 Å². The Morgan fingerprint density at radius 3 is 2.67 bits per heavy atom. The highest BCUT2D eigenvalue weighted by Crippen LogP contribution is 2.27. The van der Waals surface area contributed by atoms with Gasteiger partial charge in [-0.15, -0.1) is 0 Å². The topological polar surface area (TPSA) is 37.3 Å². The van der Waals surface area contributed by atoms with Crippen LogP contribution in [-0.2, 0) is 4.79 Å². The zero-order chi connectivity index (χ0) is 9.30. The smallest absolute Gasteiger partial charge is 0.158 e. The molecule has 0 saturated carbocycles. The van der Waals surface area contributed by atoms with Crippen LogP contribution >= 0.6 is 0 Å². The van der Waals surface area contributed by atoms with Crippen molar-refractivity contribution in [1.82, 2.24) is 0 Å². The second-order valence-corrected chi connectivity index (χ2v) is 3.88. The number of carbonyl (C=O) groups is 1. The fourth-order valence-electron chi connectivity index (χ4n) is 1.60. The SMILES string of the molecule is CC1=CC(O)[C@@H](C(C)C)CC1=O. The Kier molecular flexibility index (Phi) is 2.68. The summed E-state index contributed by atoms with van der Waals surface area (Å²) in [5.41, 5.74) is 0.708. The van der Waals surface area contributed by atoms with E-state index in [4.69, 9.17) is 0 Å². The van der Waals surface area contributed by atoms with Gasteiger partial charge in [0.2, 0.25) is 0 Å². The first kappa shape index (κ1) is 9.46. The van der Waals surface area contributed by atoms with Crippen LogP contribution in [0.15, 0.2) is 11.6 Å². The summed E-state index contributed by atoms with van der Waals surface area (Å²) in [5, 5.41) is 9.60. The maximum absolute atomic E-state index is 11.3. The van der Waals surface area contributed by atoms with Crippen molar-refractivity contribution in [2.45, 2.75) is 33.3 Å². The lowest BCUT2D eigenvalue weighted by Gasteiger charge is -2.27. The van der Waals surface area contributed by atoms with Crippen LogP contribution < -0.4 is 0 Å². The molecule has 1 aliphatic rings. The van der Waals surface area contributed by atoms with Gasteiger partial charge in [-0.2, -0.15) is 0 Å². The van der Waals surface area contributed by atoms with Crippen LogP contribution in [0.5, 0.6) is 0 Å². The molecule has 1 rings (SSSR count). The molecule has 0 fully saturated rings. The summed E-state index contributed by atoms with van der Waals surface area (Å²) in [6.07, 6.45) is 1.75. The molecule has 0 aromatic heterocycles. The first-order valence-electron chi connectivity index (χ1n) is 4.42. The Balaban J connectivity index is 2.79. The lowest BCUT2D eigenvalue weighted by Crippen LogP contribution is -2.30. The third-order valence-electron chi connectivity index (χ3n) is 2.58. The van der Waals surface area contributed by atoms with E-state index in [2.05, 4.69) is 0 Å². The lowest BCUT2D eigenvalue weighted by atomic mass is 9.80. The normalized spacial score (nSPS) is 30.8. The Hall–Kier alpha value is -0.630. The predicted octanol–water partition coefficient (Wildman–Crippen LogP) is 1.54. The summed E-state index contributed by atoms with van der Waals surface area (Å²) in [7, 11) is 0. The molecule has 1 N–H and O–H groups in total. The molecule has 0 aromatic carbocycles. The van der Waals surface area contributed by atoms with Crippen molar-refractivity contribution in [1.29, 1.82) is 0 Å². The minimum absolute atomic E-state index is 0.112. The van der Waals surface area contributed by atoms with Crippen molar-refractivity contribution in [3.8, 4) is 0 Å². The van der Waals surface area contributed by atoms with Crippen molar-refractivity contribution in [2.75, 3.05) is 0 Å². The van der Waals surface area contributed by atoms with Gasteiger partial charge in [-0.3, -0.25) is 4.79 Å². The molecule has 2 nitrogen and oxygen atoms in total. The summed E-state index contributed by atoms with van der Waals surface area (Å²) in [4.78, 5) is 11.3. The lowest BCUT2D eigenvalue weighted by molar-refractivity contribution is -0.118. The average Bonchev–Trinajstić information content (AvgIpc) is 1.96. The number of Topliss-reactive ketones (excluding diaryl/α,β-unsaturated/α-hetero) is 1. The third-order valence-corrected chi connectivity index (χ3v) is 2.58. The highest BCUT2D eigenvalue weighted by Gasteiger charge is 2.28. The van der Waals surface area contributed by atoms with Gasteiger partial charge in [-0.1, -0.05) is 13.8 Å². The van der Waals surface area contributed by atoms with Crippen LogP contribution in [0.4, 0.5) is 0 Å². The van der Waals surface area contributed by atoms with E-state index in [9.17, 15) is 9.90 Å². The van der Waals surface area contributed by atoms with Gasteiger partial charge in [0.1, 0.15) is 0 Å². The van der Waals surface area contributed by atoms with E-state index in [0.717, 1.165) is 0 Å². The molecule has 0 heterocycles. The van der Waals surface area contributed by atoms with Crippen molar-refractivity contribution in [3.05, 3.63) is 11.6 Å². The molecule has 0 radical (unpaired) electrons. The minimum atomic E-state index is -0.428. The molecular formula is C10H16O2. The van der Waals surface area contributed by atoms with Gasteiger partial charge in [-0.25, -0.2) is 0 Å². The highest BCUT2D eigenvalue weighted by molar-refractivity contribution is 5.95. The van der Waals surface area contributed by atoms with Crippen LogP contribution in [0.25, 0.3) is 0 Å². The molecule has 2 atom stereocenters. The third kappa shape index (κ3) is 1.75. The summed E-state index contributed by atoms with van der Waals surface area (Å²) < 4.78 is 0. The zero-order valence-corrected chi connectivity index (χ0v) is 7.87. The number of rotatable bonds is 1. The molecule has 0 aromatic rings. The molecular weight excluding hydrogens is 152 g/mol. The molecule has 0 aliphatic heterocycles. The second kappa shape index (κ2) is 3.40. The predicted molar refractivity (Wildman–Crippen MR) is 47.7 cm³/mol. The number of allylic oxidation sites excluding steroid dienone is 1. The molecule has 68 valence electrons. The average molecular weight is 168 g/mol. The molecule has 0 saturated heterocycles. The van der Waals surface area contributed by atoms with E-state index in [0.29, 0.717) is 17.9 Å². The number of hydrogen-bond acceptors (Lipinski definition) is 2. The molecule has 1 unspecified atom stereocenters. The van der Waals surface area contributed by atoms with Gasteiger partial charge < -0.3 is 5.11 Å². The first-order valence-corrected chi connectivity index (χ1v) is 4.42. The number of aliphatic hydroxyl groups excluding tert-OH is 1. The monoisotopic (exact) mass is 168 g/mol. The van der Waals surface area contributed by atoms with Gasteiger partial charge in [0.15, 0.2) is 5.78 Å². The zero-order valence-electron chi connectivity index (χ0n) is 7.87. The van der Waals surface area contributed by atoms with E-state index < -0.39 is 6.10 Å². The standard InChI is InChI=1S/C10H16O2/c1-6(2)8-5-9(11)7(3)4-10(8)12/h4,6,8,10,12H,5H2,1-3H3/t8-,10?/m1/s1. The van der Waals surface area contributed by atoms with Gasteiger partial charge in [0.05, 0.1) is 6.10 Å². The van der Waals surface area contributed by atoms with E-state index in [1.807, 2.05) is 13.8 Å². The van der Waals surface area contributed by atoms with Gasteiger partial charge in [0.25, 0.3) is 0 Å². The van der Waals surface area contributed by atoms with Crippen LogP contribution in [0.2, 0.25) is 0 Å². The van der Waals surface area contributed by atoms with E-state index in [1.54, 1.807) is 13.0 Å². The Morgan fingerprint density at radius 2 is 2.17 bits per heavy atom. The number of ketones is 1. The Labute approximate surface area is 73.3 Å². The molecule has 0 spiro atoms. The number of hydrogen-bond donors (Lipinski definition) is 1. The fourth-order valence-corrected chi connectivity index (χ4v) is 1.60.